The van der Waals surface area contributed by atoms with Crippen LogP contribution in [0.15, 0.2) is 18.2 Å². The van der Waals surface area contributed by atoms with Crippen molar-refractivity contribution in [3.05, 3.63) is 39.4 Å². The summed E-state index contributed by atoms with van der Waals surface area (Å²) < 4.78 is 0. The van der Waals surface area contributed by atoms with Gasteiger partial charge in [0, 0.05) is 11.6 Å². The molecule has 0 N–H and O–H groups in total. The Labute approximate surface area is 103 Å². The van der Waals surface area contributed by atoms with E-state index in [4.69, 9.17) is 0 Å². The molecule has 1 aromatic rings. The SMILES string of the molecule is CC(C)Cc1cccc([N+](=O)[O-])c1CC(C)C. The highest BCUT2D eigenvalue weighted by atomic mass is 16.6. The second-order valence-electron chi connectivity index (χ2n) is 5.37. The number of rotatable bonds is 5. The van der Waals surface area contributed by atoms with Gasteiger partial charge in [-0.3, -0.25) is 10.1 Å². The number of nitro benzene ring substituents is 1. The molecule has 0 aliphatic heterocycles. The van der Waals surface area contributed by atoms with Crippen molar-refractivity contribution in [2.45, 2.75) is 40.5 Å². The summed E-state index contributed by atoms with van der Waals surface area (Å²) in [5.74, 6) is 0.949. The first-order valence-electron chi connectivity index (χ1n) is 6.17. The molecule has 0 atom stereocenters. The van der Waals surface area contributed by atoms with Crippen LogP contribution < -0.4 is 0 Å². The molecule has 0 aliphatic carbocycles. The van der Waals surface area contributed by atoms with Crippen molar-refractivity contribution < 1.29 is 4.92 Å². The number of hydrogen-bond donors (Lipinski definition) is 0. The minimum atomic E-state index is -0.262. The molecule has 17 heavy (non-hydrogen) atoms. The van der Waals surface area contributed by atoms with Gasteiger partial charge in [0.2, 0.25) is 0 Å². The molecule has 0 spiro atoms. The minimum Gasteiger partial charge on any atom is -0.258 e. The maximum absolute atomic E-state index is 11.0. The van der Waals surface area contributed by atoms with Gasteiger partial charge in [0.25, 0.3) is 5.69 Å². The Morgan fingerprint density at radius 1 is 1.12 bits per heavy atom. The monoisotopic (exact) mass is 235 g/mol. The van der Waals surface area contributed by atoms with E-state index >= 15 is 0 Å². The van der Waals surface area contributed by atoms with Gasteiger partial charge in [0.05, 0.1) is 4.92 Å². The van der Waals surface area contributed by atoms with Crippen molar-refractivity contribution >= 4 is 5.69 Å². The van der Waals surface area contributed by atoms with E-state index in [1.54, 1.807) is 12.1 Å². The molecule has 1 aromatic carbocycles. The molecule has 0 aromatic heterocycles. The van der Waals surface area contributed by atoms with Gasteiger partial charge in [-0.15, -0.1) is 0 Å². The van der Waals surface area contributed by atoms with Crippen molar-refractivity contribution in [1.29, 1.82) is 0 Å². The fraction of sp³-hybridized carbons (Fsp3) is 0.571. The van der Waals surface area contributed by atoms with Crippen molar-refractivity contribution in [3.8, 4) is 0 Å². The van der Waals surface area contributed by atoms with Crippen LogP contribution in [-0.2, 0) is 12.8 Å². The Kier molecular flexibility index (Phi) is 4.67. The minimum absolute atomic E-state index is 0.262. The van der Waals surface area contributed by atoms with Gasteiger partial charge in [0.15, 0.2) is 0 Å². The quantitative estimate of drug-likeness (QED) is 0.572. The average Bonchev–Trinajstić information content (AvgIpc) is 2.18. The van der Waals surface area contributed by atoms with Crippen molar-refractivity contribution in [2.24, 2.45) is 11.8 Å². The fourth-order valence-electron chi connectivity index (χ4n) is 2.07. The molecule has 0 heterocycles. The Bertz CT molecular complexity index is 397. The van der Waals surface area contributed by atoms with Gasteiger partial charge in [-0.2, -0.15) is 0 Å². The van der Waals surface area contributed by atoms with Crippen molar-refractivity contribution in [1.82, 2.24) is 0 Å². The molecule has 0 bridgehead atoms. The molecule has 0 saturated carbocycles. The molecular formula is C14H21NO2. The van der Waals surface area contributed by atoms with E-state index in [0.717, 1.165) is 24.0 Å². The second-order valence-corrected chi connectivity index (χ2v) is 5.37. The average molecular weight is 235 g/mol. The summed E-state index contributed by atoms with van der Waals surface area (Å²) in [5.41, 5.74) is 2.32. The molecule has 0 radical (unpaired) electrons. The molecule has 0 amide bonds. The summed E-state index contributed by atoms with van der Waals surface area (Å²) in [6.07, 6.45) is 1.68. The maximum atomic E-state index is 11.0. The molecule has 3 heteroatoms. The van der Waals surface area contributed by atoms with Gasteiger partial charge >= 0.3 is 0 Å². The van der Waals surface area contributed by atoms with Crippen LogP contribution in [-0.4, -0.2) is 4.92 Å². The van der Waals surface area contributed by atoms with Crippen LogP contribution in [0.1, 0.15) is 38.8 Å². The van der Waals surface area contributed by atoms with E-state index in [2.05, 4.69) is 27.7 Å². The van der Waals surface area contributed by atoms with Gasteiger partial charge in [-0.25, -0.2) is 0 Å². The lowest BCUT2D eigenvalue weighted by atomic mass is 9.91. The van der Waals surface area contributed by atoms with Gasteiger partial charge in [-0.1, -0.05) is 39.8 Å². The lowest BCUT2D eigenvalue weighted by Gasteiger charge is -2.13. The third kappa shape index (κ3) is 3.84. The molecule has 1 rings (SSSR count). The number of nitro groups is 1. The maximum Gasteiger partial charge on any atom is 0.272 e. The molecule has 94 valence electrons. The Morgan fingerprint density at radius 3 is 2.18 bits per heavy atom. The Balaban J connectivity index is 3.18. The Morgan fingerprint density at radius 2 is 1.71 bits per heavy atom. The highest BCUT2D eigenvalue weighted by Crippen LogP contribution is 2.27. The van der Waals surface area contributed by atoms with Gasteiger partial charge in [-0.05, 0) is 30.2 Å². The third-order valence-corrected chi connectivity index (χ3v) is 2.69. The van der Waals surface area contributed by atoms with Crippen LogP contribution in [0.25, 0.3) is 0 Å². The van der Waals surface area contributed by atoms with E-state index in [1.165, 1.54) is 0 Å². The standard InChI is InChI=1S/C14H21NO2/c1-10(2)8-12-6-5-7-14(15(16)17)13(12)9-11(3)4/h5-7,10-11H,8-9H2,1-4H3. The first-order valence-corrected chi connectivity index (χ1v) is 6.17. The van der Waals surface area contributed by atoms with E-state index in [0.29, 0.717) is 11.8 Å². The van der Waals surface area contributed by atoms with Crippen molar-refractivity contribution in [3.63, 3.8) is 0 Å². The summed E-state index contributed by atoms with van der Waals surface area (Å²) >= 11 is 0. The number of hydrogen-bond acceptors (Lipinski definition) is 2. The fourth-order valence-corrected chi connectivity index (χ4v) is 2.07. The summed E-state index contributed by atoms with van der Waals surface area (Å²) in [6, 6.07) is 5.42. The van der Waals surface area contributed by atoms with E-state index in [9.17, 15) is 10.1 Å². The van der Waals surface area contributed by atoms with Crippen LogP contribution >= 0.6 is 0 Å². The van der Waals surface area contributed by atoms with Crippen LogP contribution in [0.3, 0.4) is 0 Å². The van der Waals surface area contributed by atoms with Crippen LogP contribution in [0, 0.1) is 22.0 Å². The molecule has 0 fully saturated rings. The normalized spacial score (nSPS) is 11.2. The van der Waals surface area contributed by atoms with Crippen LogP contribution in [0.5, 0.6) is 0 Å². The predicted octanol–water partition coefficient (Wildman–Crippen LogP) is 3.99. The second kappa shape index (κ2) is 5.80. The highest BCUT2D eigenvalue weighted by Gasteiger charge is 2.18. The lowest BCUT2D eigenvalue weighted by Crippen LogP contribution is -2.06. The molecule has 3 nitrogen and oxygen atoms in total. The summed E-state index contributed by atoms with van der Waals surface area (Å²) in [4.78, 5) is 10.8. The molecular weight excluding hydrogens is 214 g/mol. The zero-order valence-corrected chi connectivity index (χ0v) is 11.1. The predicted molar refractivity (Wildman–Crippen MR) is 70.2 cm³/mol. The van der Waals surface area contributed by atoms with Crippen LogP contribution in [0.4, 0.5) is 5.69 Å². The topological polar surface area (TPSA) is 43.1 Å². The summed E-state index contributed by atoms with van der Waals surface area (Å²) in [6.45, 7) is 8.46. The largest absolute Gasteiger partial charge is 0.272 e. The zero-order chi connectivity index (χ0) is 13.0. The zero-order valence-electron chi connectivity index (χ0n) is 11.1. The smallest absolute Gasteiger partial charge is 0.258 e. The number of nitrogens with zero attached hydrogens (tertiary/aromatic N) is 1. The summed E-state index contributed by atoms with van der Waals surface area (Å²) in [7, 11) is 0. The molecule has 0 unspecified atom stereocenters. The first-order chi connectivity index (χ1) is 7.91. The molecule has 0 saturated heterocycles. The highest BCUT2D eigenvalue weighted by molar-refractivity contribution is 5.46. The number of benzene rings is 1. The van der Waals surface area contributed by atoms with Crippen LogP contribution in [0.2, 0.25) is 0 Å². The van der Waals surface area contributed by atoms with Gasteiger partial charge < -0.3 is 0 Å². The first kappa shape index (κ1) is 13.7. The third-order valence-electron chi connectivity index (χ3n) is 2.69. The Hall–Kier alpha value is -1.38. The lowest BCUT2D eigenvalue weighted by molar-refractivity contribution is -0.385. The van der Waals surface area contributed by atoms with E-state index in [1.807, 2.05) is 6.07 Å². The van der Waals surface area contributed by atoms with E-state index < -0.39 is 0 Å². The molecule has 0 aliphatic rings. The van der Waals surface area contributed by atoms with Crippen molar-refractivity contribution in [2.75, 3.05) is 0 Å². The summed E-state index contributed by atoms with van der Waals surface area (Å²) in [5, 5.41) is 11.0. The van der Waals surface area contributed by atoms with E-state index in [-0.39, 0.29) is 10.6 Å². The van der Waals surface area contributed by atoms with Gasteiger partial charge in [0.1, 0.15) is 0 Å².